The molecule has 1 saturated heterocycles. The fourth-order valence-electron chi connectivity index (χ4n) is 2.61. The summed E-state index contributed by atoms with van der Waals surface area (Å²) >= 11 is 0. The van der Waals surface area contributed by atoms with Crippen molar-refractivity contribution in [3.05, 3.63) is 23.8 Å². The van der Waals surface area contributed by atoms with Crippen molar-refractivity contribution in [1.82, 2.24) is 5.32 Å². The second-order valence-electron chi connectivity index (χ2n) is 5.09. The van der Waals surface area contributed by atoms with Crippen LogP contribution in [0.15, 0.2) is 18.2 Å². The normalized spacial score (nSPS) is 20.6. The number of piperidine rings is 1. The van der Waals surface area contributed by atoms with Crippen molar-refractivity contribution >= 4 is 35.6 Å². The molecule has 6 heteroatoms. The predicted octanol–water partition coefficient (Wildman–Crippen LogP) is 1.68. The van der Waals surface area contributed by atoms with Gasteiger partial charge in [0.1, 0.15) is 0 Å². The molecule has 2 aliphatic heterocycles. The first-order valence-corrected chi connectivity index (χ1v) is 6.69. The first-order chi connectivity index (χ1) is 9.22. The zero-order chi connectivity index (χ0) is 13.2. The van der Waals surface area contributed by atoms with Gasteiger partial charge in [-0.15, -0.1) is 12.4 Å². The number of hydrogen-bond donors (Lipinski definition) is 3. The highest BCUT2D eigenvalue weighted by Crippen LogP contribution is 2.26. The molecule has 0 radical (unpaired) electrons. The van der Waals surface area contributed by atoms with Gasteiger partial charge in [0.05, 0.1) is 12.5 Å². The lowest BCUT2D eigenvalue weighted by Gasteiger charge is -2.22. The Labute approximate surface area is 123 Å². The minimum absolute atomic E-state index is 0. The molecule has 0 aromatic heterocycles. The summed E-state index contributed by atoms with van der Waals surface area (Å²) in [6.07, 6.45) is 3.50. The summed E-state index contributed by atoms with van der Waals surface area (Å²) in [5.74, 6) is 0.0179. The Kier molecular flexibility index (Phi) is 4.62. The van der Waals surface area contributed by atoms with Gasteiger partial charge in [-0.3, -0.25) is 9.59 Å². The summed E-state index contributed by atoms with van der Waals surface area (Å²) in [7, 11) is 0. The van der Waals surface area contributed by atoms with Crippen molar-refractivity contribution in [1.29, 1.82) is 0 Å². The lowest BCUT2D eigenvalue weighted by Crippen LogP contribution is -2.43. The number of halogens is 1. The van der Waals surface area contributed by atoms with Crippen LogP contribution in [0.5, 0.6) is 0 Å². The van der Waals surface area contributed by atoms with Crippen LogP contribution in [0.25, 0.3) is 0 Å². The largest absolute Gasteiger partial charge is 0.326 e. The molecule has 20 heavy (non-hydrogen) atoms. The maximum Gasteiger partial charge on any atom is 0.241 e. The smallest absolute Gasteiger partial charge is 0.241 e. The monoisotopic (exact) mass is 295 g/mol. The van der Waals surface area contributed by atoms with Gasteiger partial charge in [0.25, 0.3) is 0 Å². The first-order valence-electron chi connectivity index (χ1n) is 6.69. The standard InChI is InChI=1S/C14H17N3O2.ClH/c18-13-8-9-7-10(4-5-11(9)17-13)16-14(19)12-3-1-2-6-15-12;/h4-5,7,12,15H,1-3,6,8H2,(H,16,19)(H,17,18);1H. The van der Waals surface area contributed by atoms with E-state index in [4.69, 9.17) is 0 Å². The molecule has 3 rings (SSSR count). The van der Waals surface area contributed by atoms with E-state index in [1.165, 1.54) is 0 Å². The van der Waals surface area contributed by atoms with Gasteiger partial charge in [-0.1, -0.05) is 6.42 Å². The fourth-order valence-corrected chi connectivity index (χ4v) is 2.61. The number of benzene rings is 1. The van der Waals surface area contributed by atoms with Crippen LogP contribution in [0.3, 0.4) is 0 Å². The van der Waals surface area contributed by atoms with E-state index < -0.39 is 0 Å². The van der Waals surface area contributed by atoms with Crippen LogP contribution in [0.4, 0.5) is 11.4 Å². The highest BCUT2D eigenvalue weighted by Gasteiger charge is 2.22. The average molecular weight is 296 g/mol. The van der Waals surface area contributed by atoms with Crippen LogP contribution in [0.1, 0.15) is 24.8 Å². The van der Waals surface area contributed by atoms with E-state index in [1.807, 2.05) is 18.2 Å². The topological polar surface area (TPSA) is 70.2 Å². The van der Waals surface area contributed by atoms with Gasteiger partial charge in [-0.2, -0.15) is 0 Å². The Balaban J connectivity index is 0.00000147. The lowest BCUT2D eigenvalue weighted by molar-refractivity contribution is -0.118. The van der Waals surface area contributed by atoms with E-state index in [1.54, 1.807) is 0 Å². The number of anilines is 2. The molecule has 2 heterocycles. The molecule has 1 fully saturated rings. The van der Waals surface area contributed by atoms with Crippen LogP contribution in [0, 0.1) is 0 Å². The molecule has 108 valence electrons. The van der Waals surface area contributed by atoms with E-state index in [0.717, 1.165) is 42.7 Å². The van der Waals surface area contributed by atoms with Crippen molar-refractivity contribution in [2.24, 2.45) is 0 Å². The number of carbonyl (C=O) groups excluding carboxylic acids is 2. The van der Waals surface area contributed by atoms with Gasteiger partial charge >= 0.3 is 0 Å². The van der Waals surface area contributed by atoms with Gasteiger partial charge in [0.15, 0.2) is 0 Å². The van der Waals surface area contributed by atoms with E-state index in [0.29, 0.717) is 6.42 Å². The third-order valence-electron chi connectivity index (χ3n) is 3.62. The number of fused-ring (bicyclic) bond motifs is 1. The lowest BCUT2D eigenvalue weighted by atomic mass is 10.0. The summed E-state index contributed by atoms with van der Waals surface area (Å²) in [5.41, 5.74) is 2.55. The van der Waals surface area contributed by atoms with E-state index >= 15 is 0 Å². The van der Waals surface area contributed by atoms with Crippen molar-refractivity contribution in [3.8, 4) is 0 Å². The van der Waals surface area contributed by atoms with Crippen LogP contribution in [0.2, 0.25) is 0 Å². The van der Waals surface area contributed by atoms with Gasteiger partial charge in [-0.05, 0) is 43.1 Å². The summed E-state index contributed by atoms with van der Waals surface area (Å²) in [4.78, 5) is 23.3. The molecule has 5 nitrogen and oxygen atoms in total. The molecule has 1 aromatic rings. The molecule has 1 atom stereocenters. The Hall–Kier alpha value is -1.59. The SMILES string of the molecule is Cl.O=C1Cc2cc(NC(=O)C3CCCCN3)ccc2N1. The van der Waals surface area contributed by atoms with Crippen LogP contribution in [-0.2, 0) is 16.0 Å². The highest BCUT2D eigenvalue weighted by molar-refractivity contribution is 6.00. The zero-order valence-electron chi connectivity index (χ0n) is 11.1. The van der Waals surface area contributed by atoms with Crippen molar-refractivity contribution in [2.75, 3.05) is 17.2 Å². The summed E-state index contributed by atoms with van der Waals surface area (Å²) in [6, 6.07) is 5.44. The number of rotatable bonds is 2. The maximum absolute atomic E-state index is 12.1. The minimum Gasteiger partial charge on any atom is -0.326 e. The molecule has 0 aliphatic carbocycles. The van der Waals surface area contributed by atoms with E-state index in [2.05, 4.69) is 16.0 Å². The Morgan fingerprint density at radius 2 is 2.15 bits per heavy atom. The number of carbonyl (C=O) groups is 2. The molecule has 2 aliphatic rings. The van der Waals surface area contributed by atoms with Gasteiger partial charge < -0.3 is 16.0 Å². The second-order valence-corrected chi connectivity index (χ2v) is 5.09. The Morgan fingerprint density at radius 1 is 1.30 bits per heavy atom. The average Bonchev–Trinajstić information content (AvgIpc) is 2.79. The molecule has 0 saturated carbocycles. The Bertz CT molecular complexity index is 527. The fraction of sp³-hybridized carbons (Fsp3) is 0.429. The second kappa shape index (κ2) is 6.24. The molecule has 2 amide bonds. The van der Waals surface area contributed by atoms with Crippen LogP contribution in [-0.4, -0.2) is 24.4 Å². The zero-order valence-corrected chi connectivity index (χ0v) is 11.9. The van der Waals surface area contributed by atoms with E-state index in [9.17, 15) is 9.59 Å². The van der Waals surface area contributed by atoms with Crippen molar-refractivity contribution in [2.45, 2.75) is 31.7 Å². The van der Waals surface area contributed by atoms with Crippen LogP contribution < -0.4 is 16.0 Å². The van der Waals surface area contributed by atoms with Gasteiger partial charge in [-0.25, -0.2) is 0 Å². The third kappa shape index (κ3) is 3.11. The summed E-state index contributed by atoms with van der Waals surface area (Å²) in [6.45, 7) is 0.903. The summed E-state index contributed by atoms with van der Waals surface area (Å²) < 4.78 is 0. The van der Waals surface area contributed by atoms with Crippen molar-refractivity contribution in [3.63, 3.8) is 0 Å². The first kappa shape index (κ1) is 14.8. The number of amides is 2. The third-order valence-corrected chi connectivity index (χ3v) is 3.62. The molecule has 3 N–H and O–H groups in total. The van der Waals surface area contributed by atoms with Crippen molar-refractivity contribution < 1.29 is 9.59 Å². The van der Waals surface area contributed by atoms with Gasteiger partial charge in [0.2, 0.25) is 11.8 Å². The molecule has 1 unspecified atom stereocenters. The quantitative estimate of drug-likeness (QED) is 0.777. The number of nitrogens with one attached hydrogen (secondary N) is 3. The Morgan fingerprint density at radius 3 is 2.90 bits per heavy atom. The minimum atomic E-state index is -0.0956. The van der Waals surface area contributed by atoms with Crippen LogP contribution >= 0.6 is 12.4 Å². The number of hydrogen-bond acceptors (Lipinski definition) is 3. The molecule has 0 spiro atoms. The van der Waals surface area contributed by atoms with E-state index in [-0.39, 0.29) is 30.3 Å². The highest BCUT2D eigenvalue weighted by atomic mass is 35.5. The molecular weight excluding hydrogens is 278 g/mol. The maximum atomic E-state index is 12.1. The summed E-state index contributed by atoms with van der Waals surface area (Å²) in [5, 5.41) is 8.91. The van der Waals surface area contributed by atoms with Gasteiger partial charge in [0, 0.05) is 11.4 Å². The predicted molar refractivity (Wildman–Crippen MR) is 80.3 cm³/mol. The molecular formula is C14H18ClN3O2. The molecule has 1 aromatic carbocycles. The molecule has 0 bridgehead atoms.